The van der Waals surface area contributed by atoms with E-state index in [4.69, 9.17) is 55.9 Å². The summed E-state index contributed by atoms with van der Waals surface area (Å²) in [5.41, 5.74) is 1.37. The van der Waals surface area contributed by atoms with E-state index in [0.29, 0.717) is 68.2 Å². The number of methoxy groups -OCH3 is 1. The zero-order valence-electron chi connectivity index (χ0n) is 57.9. The number of carbonyl (C=O) groups excluding carboxylic acids is 2. The summed E-state index contributed by atoms with van der Waals surface area (Å²) in [6, 6.07) is 20.5. The molecular formula is C71H111BrO16SSi3. The lowest BCUT2D eigenvalue weighted by Crippen LogP contribution is -2.62. The van der Waals surface area contributed by atoms with Crippen LogP contribution in [0.3, 0.4) is 0 Å². The van der Waals surface area contributed by atoms with Crippen molar-refractivity contribution >= 4 is 62.5 Å². The molecule has 0 N–H and O–H groups in total. The fourth-order valence-corrected chi connectivity index (χ4v) is 22.3. The summed E-state index contributed by atoms with van der Waals surface area (Å²) >= 11 is 3.51. The Morgan fingerprint density at radius 3 is 2.02 bits per heavy atom. The number of sulfone groups is 1. The zero-order chi connectivity index (χ0) is 66.9. The van der Waals surface area contributed by atoms with E-state index < -0.39 is 137 Å². The Hall–Kier alpha value is -2.30. The number of carbonyl (C=O) groups is 2. The maximum atomic E-state index is 16.1. The summed E-state index contributed by atoms with van der Waals surface area (Å²) in [5, 5.41) is -1.83. The number of Topliss-reactive ketones (excluding diaryl/α,β-unsaturated/α-hetero) is 1. The largest absolute Gasteiger partial charge is 0.458 e. The zero-order valence-corrected chi connectivity index (χ0v) is 63.3. The van der Waals surface area contributed by atoms with Gasteiger partial charge in [-0.05, 0) is 133 Å². The SMILES string of the molecule is C=C(Br)C[C@@H](CC[C@@]12C[C@H]3O[C@@H]4[C@@H](O[C@H]5CC[C@H](CC(=O)C([C@@H]6[C@@H](OC)[C@@H](C[C@@H](CO[Si](C)(C)C(C)(C)C)O[Si](C)(C)C(C)(C)C)O[C@H]6C[C@H]6O[C@@H](CCCO[Si](CC)(CC)CC)C[C@@H](C)C6=C)S(=O)(=O)c6ccccc6)O[C@@H]5[C@H]4O1)[C@H]3O2)OC(=O)c1ccccc1. The van der Waals surface area contributed by atoms with Crippen LogP contribution in [-0.2, 0) is 70.5 Å². The number of fused-ring (bicyclic) bond motifs is 1. The van der Waals surface area contributed by atoms with Gasteiger partial charge in [-0.15, -0.1) is 0 Å². The van der Waals surface area contributed by atoms with E-state index in [-0.39, 0.29) is 52.0 Å². The second kappa shape index (κ2) is 30.0. The van der Waals surface area contributed by atoms with Crippen molar-refractivity contribution in [3.05, 3.63) is 89.4 Å². The van der Waals surface area contributed by atoms with Crippen LogP contribution in [0.2, 0.25) is 54.4 Å². The molecule has 2 aromatic rings. The van der Waals surface area contributed by atoms with Gasteiger partial charge in [-0.25, -0.2) is 13.2 Å². The molecule has 21 heteroatoms. The Kier molecular flexibility index (Phi) is 24.1. The van der Waals surface area contributed by atoms with Gasteiger partial charge in [-0.2, -0.15) is 0 Å². The maximum Gasteiger partial charge on any atom is 0.338 e. The predicted molar refractivity (Wildman–Crippen MR) is 368 cm³/mol. The molecule has 8 fully saturated rings. The quantitative estimate of drug-likeness (QED) is 0.0301. The summed E-state index contributed by atoms with van der Waals surface area (Å²) in [6.45, 7) is 41.0. The third kappa shape index (κ3) is 16.5. The topological polar surface area (TPSA) is 179 Å². The predicted octanol–water partition coefficient (Wildman–Crippen LogP) is 14.8. The number of halogens is 1. The molecule has 8 heterocycles. The number of hydrogen-bond donors (Lipinski definition) is 0. The Morgan fingerprint density at radius 2 is 1.39 bits per heavy atom. The average Bonchev–Trinajstić information content (AvgIpc) is 1.54. The van der Waals surface area contributed by atoms with E-state index in [0.717, 1.165) is 43.0 Å². The van der Waals surface area contributed by atoms with Crippen molar-refractivity contribution < 1.29 is 73.9 Å². The van der Waals surface area contributed by atoms with Crippen molar-refractivity contribution in [2.75, 3.05) is 20.3 Å². The first kappa shape index (κ1) is 73.9. The molecule has 6 bridgehead atoms. The molecular weight excluding hydrogens is 1300 g/mol. The van der Waals surface area contributed by atoms with Gasteiger partial charge in [0.2, 0.25) is 0 Å². The number of esters is 1. The fraction of sp³-hybridized carbons (Fsp3) is 0.746. The number of benzene rings is 2. The maximum absolute atomic E-state index is 16.1. The van der Waals surface area contributed by atoms with Gasteiger partial charge >= 0.3 is 5.97 Å². The van der Waals surface area contributed by atoms with Gasteiger partial charge in [-0.1, -0.05) is 135 Å². The summed E-state index contributed by atoms with van der Waals surface area (Å²) < 4.78 is 116. The molecule has 19 atom stereocenters. The van der Waals surface area contributed by atoms with Gasteiger partial charge in [0.05, 0.1) is 72.0 Å². The van der Waals surface area contributed by atoms with Gasteiger partial charge in [0, 0.05) is 58.2 Å². The number of rotatable bonds is 31. The van der Waals surface area contributed by atoms with E-state index in [2.05, 4.69) is 125 Å². The fourth-order valence-electron chi connectivity index (χ4n) is 14.9. The number of hydrogen-bond acceptors (Lipinski definition) is 16. The highest BCUT2D eigenvalue weighted by atomic mass is 79.9. The molecule has 2 aromatic carbocycles. The Labute approximate surface area is 562 Å². The lowest BCUT2D eigenvalue weighted by atomic mass is 9.81. The second-order valence-electron chi connectivity index (χ2n) is 30.7. The minimum Gasteiger partial charge on any atom is -0.458 e. The summed E-state index contributed by atoms with van der Waals surface area (Å²) in [6.07, 6.45) is -2.51. The van der Waals surface area contributed by atoms with Crippen LogP contribution in [0.5, 0.6) is 0 Å². The normalized spacial score (nSPS) is 32.7. The van der Waals surface area contributed by atoms with Crippen molar-refractivity contribution in [2.24, 2.45) is 11.8 Å². The van der Waals surface area contributed by atoms with Gasteiger partial charge in [-0.3, -0.25) is 4.79 Å². The third-order valence-corrected chi connectivity index (χ3v) is 38.8. The van der Waals surface area contributed by atoms with Crippen LogP contribution in [0.4, 0.5) is 0 Å². The molecule has 8 saturated heterocycles. The molecule has 8 aliphatic rings. The first-order chi connectivity index (χ1) is 43.3. The molecule has 16 nitrogen and oxygen atoms in total. The lowest BCUT2D eigenvalue weighted by Gasteiger charge is -2.47. The minimum atomic E-state index is -4.48. The molecule has 92 heavy (non-hydrogen) atoms. The number of ketones is 1. The Balaban J connectivity index is 1.02. The molecule has 516 valence electrons. The number of ether oxygens (including phenoxy) is 9. The van der Waals surface area contributed by atoms with Crippen LogP contribution < -0.4 is 0 Å². The van der Waals surface area contributed by atoms with Crippen molar-refractivity contribution in [1.29, 1.82) is 0 Å². The highest BCUT2D eigenvalue weighted by Crippen LogP contribution is 2.55. The van der Waals surface area contributed by atoms with E-state index in [1.54, 1.807) is 61.7 Å². The average molecular weight is 1420 g/mol. The summed E-state index contributed by atoms with van der Waals surface area (Å²) in [5.74, 6) is -2.91. The third-order valence-electron chi connectivity index (χ3n) is 22.6. The van der Waals surface area contributed by atoms with Gasteiger partial charge in [0.25, 0.3) is 0 Å². The molecule has 10 rings (SSSR count). The molecule has 0 aromatic heterocycles. The van der Waals surface area contributed by atoms with Crippen molar-refractivity contribution in [3.8, 4) is 0 Å². The van der Waals surface area contributed by atoms with Crippen molar-refractivity contribution in [3.63, 3.8) is 0 Å². The molecule has 0 aliphatic carbocycles. The van der Waals surface area contributed by atoms with Gasteiger partial charge in [0.15, 0.2) is 46.4 Å². The van der Waals surface area contributed by atoms with E-state index in [1.807, 2.05) is 6.07 Å². The summed E-state index contributed by atoms with van der Waals surface area (Å²) in [7, 11) is -9.42. The molecule has 0 saturated carbocycles. The second-order valence-corrected chi connectivity index (χ2v) is 48.2. The van der Waals surface area contributed by atoms with Gasteiger partial charge < -0.3 is 55.9 Å². The first-order valence-electron chi connectivity index (χ1n) is 34.5. The summed E-state index contributed by atoms with van der Waals surface area (Å²) in [4.78, 5) is 29.6. The van der Waals surface area contributed by atoms with Crippen LogP contribution >= 0.6 is 15.9 Å². The molecule has 8 aliphatic heterocycles. The molecule has 0 radical (unpaired) electrons. The first-order valence-corrected chi connectivity index (χ1v) is 45.2. The van der Waals surface area contributed by atoms with E-state index in [1.165, 1.54) is 0 Å². The minimum absolute atomic E-state index is 0.0331. The van der Waals surface area contributed by atoms with Crippen molar-refractivity contribution in [2.45, 2.75) is 308 Å². The van der Waals surface area contributed by atoms with Crippen LogP contribution in [0.25, 0.3) is 0 Å². The van der Waals surface area contributed by atoms with Crippen LogP contribution in [0.15, 0.2) is 88.8 Å². The standard InChI is InChI=1S/C71H111BrO16SSi3/c1-18-92(19-2,20-3)78-37-27-30-49-38-45(4)47(6)56(80-49)42-57-60(61(77-13)58(83-57)41-52(88-91(16,17)70(10,11)12)44-79-90(14,15)69(7,8)9)67(89(75,76)53-31-25-22-26-32-53)54(73)40-50-33-34-55-62(81-50)66-65-64(84-55)63-59(85-65)43-71(86-63,87-66)36-35-51(39-46(5)72)82-68(74)48-28-23-21-24-29-48/h21-26,28-29,31-32,45,49-52,55-67H,5-6,18-20,27,30,33-44H2,1-4,7-17H3/t45-,49+,50-,51-,52+,55+,56-,57+,58-,59-,60+,61+,62+,63+,64+,65-,66-,67?,71+/m1/s1. The van der Waals surface area contributed by atoms with E-state index in [9.17, 15) is 4.79 Å². The monoisotopic (exact) mass is 1410 g/mol. The van der Waals surface area contributed by atoms with Gasteiger partial charge in [0.1, 0.15) is 41.9 Å². The van der Waals surface area contributed by atoms with Crippen LogP contribution in [-0.4, -0.2) is 168 Å². The van der Waals surface area contributed by atoms with Crippen LogP contribution in [0, 0.1) is 11.8 Å². The van der Waals surface area contributed by atoms with E-state index >= 15 is 13.2 Å². The smallest absolute Gasteiger partial charge is 0.338 e. The highest BCUT2D eigenvalue weighted by Gasteiger charge is 2.69. The Morgan fingerprint density at radius 1 is 0.761 bits per heavy atom. The highest BCUT2D eigenvalue weighted by molar-refractivity contribution is 9.11. The lowest BCUT2D eigenvalue weighted by molar-refractivity contribution is -0.292. The molecule has 1 unspecified atom stereocenters. The van der Waals surface area contributed by atoms with Crippen molar-refractivity contribution in [1.82, 2.24) is 0 Å². The molecule has 0 amide bonds. The van der Waals surface area contributed by atoms with Crippen LogP contribution in [0.1, 0.15) is 157 Å². The molecule has 0 spiro atoms. The Bertz CT molecular complexity index is 2930.